The molecule has 1 saturated heterocycles. The summed E-state index contributed by atoms with van der Waals surface area (Å²) in [5, 5.41) is 0.0969. The molecule has 1 heterocycles. The van der Waals surface area contributed by atoms with E-state index >= 15 is 0 Å². The second kappa shape index (κ2) is 6.34. The van der Waals surface area contributed by atoms with Gasteiger partial charge in [0.2, 0.25) is 16.1 Å². The van der Waals surface area contributed by atoms with Gasteiger partial charge in [0.1, 0.15) is 4.90 Å². The highest BCUT2D eigenvalue weighted by Gasteiger charge is 2.35. The van der Waals surface area contributed by atoms with Gasteiger partial charge in [0.15, 0.2) is 6.17 Å². The number of morpholine rings is 1. The highest BCUT2D eigenvalue weighted by atomic mass is 79.9. The van der Waals surface area contributed by atoms with Crippen molar-refractivity contribution in [3.63, 3.8) is 0 Å². The first-order valence-electron chi connectivity index (χ1n) is 5.58. The average Bonchev–Trinajstić information content (AvgIpc) is 2.39. The van der Waals surface area contributed by atoms with Crippen LogP contribution < -0.4 is 0 Å². The van der Waals surface area contributed by atoms with Gasteiger partial charge in [-0.3, -0.25) is 0 Å². The minimum absolute atomic E-state index is 0.0165. The first-order chi connectivity index (χ1) is 9.46. The van der Waals surface area contributed by atoms with Crippen molar-refractivity contribution in [3.8, 4) is 0 Å². The number of isocyanates is 1. The van der Waals surface area contributed by atoms with Crippen molar-refractivity contribution in [1.29, 1.82) is 0 Å². The van der Waals surface area contributed by atoms with Crippen molar-refractivity contribution in [2.75, 3.05) is 19.8 Å². The number of hydrogen-bond donors (Lipinski definition) is 0. The first-order valence-corrected chi connectivity index (χ1v) is 8.19. The zero-order valence-electron chi connectivity index (χ0n) is 10.1. The molecule has 0 amide bonds. The van der Waals surface area contributed by atoms with Gasteiger partial charge in [0.05, 0.1) is 18.2 Å². The molecular weight excluding hydrogens is 372 g/mol. The fraction of sp³-hybridized carbons (Fsp3) is 0.364. The quantitative estimate of drug-likeness (QED) is 0.591. The largest absolute Gasteiger partial charge is 0.376 e. The Hall–Kier alpha value is -0.760. The third-order valence-electron chi connectivity index (χ3n) is 2.74. The summed E-state index contributed by atoms with van der Waals surface area (Å²) in [5.74, 6) is 0. The molecule has 1 aromatic rings. The van der Waals surface area contributed by atoms with Crippen LogP contribution in [-0.4, -0.2) is 44.7 Å². The van der Waals surface area contributed by atoms with Crippen LogP contribution in [0.2, 0.25) is 5.02 Å². The van der Waals surface area contributed by atoms with Gasteiger partial charge in [-0.1, -0.05) is 27.5 Å². The summed E-state index contributed by atoms with van der Waals surface area (Å²) in [7, 11) is -3.85. The van der Waals surface area contributed by atoms with E-state index in [1.54, 1.807) is 6.07 Å². The van der Waals surface area contributed by atoms with Crippen LogP contribution in [0.15, 0.2) is 32.6 Å². The van der Waals surface area contributed by atoms with E-state index in [-0.39, 0.29) is 29.7 Å². The van der Waals surface area contributed by atoms with Crippen molar-refractivity contribution in [1.82, 2.24) is 4.31 Å². The topological polar surface area (TPSA) is 76.0 Å². The molecule has 0 spiro atoms. The van der Waals surface area contributed by atoms with Crippen LogP contribution in [0.4, 0.5) is 0 Å². The number of rotatable bonds is 3. The van der Waals surface area contributed by atoms with Gasteiger partial charge in [-0.15, -0.1) is 0 Å². The maximum atomic E-state index is 12.6. The van der Waals surface area contributed by atoms with E-state index in [1.165, 1.54) is 18.2 Å². The summed E-state index contributed by atoms with van der Waals surface area (Å²) in [5.41, 5.74) is 0. The molecular formula is C11H10BrClN2O4S. The van der Waals surface area contributed by atoms with E-state index in [1.807, 2.05) is 0 Å². The molecule has 108 valence electrons. The second-order valence-electron chi connectivity index (χ2n) is 3.97. The zero-order chi connectivity index (χ0) is 14.8. The Balaban J connectivity index is 2.44. The fourth-order valence-corrected chi connectivity index (χ4v) is 4.34. The zero-order valence-corrected chi connectivity index (χ0v) is 13.3. The monoisotopic (exact) mass is 380 g/mol. The minimum Gasteiger partial charge on any atom is -0.376 e. The number of aliphatic imine (C=N–C) groups is 1. The summed E-state index contributed by atoms with van der Waals surface area (Å²) in [4.78, 5) is 13.8. The SMILES string of the molecule is O=C=NC1COCCN1S(=O)(=O)c1ccc(Br)cc1Cl. The van der Waals surface area contributed by atoms with Crippen LogP contribution in [0.5, 0.6) is 0 Å². The van der Waals surface area contributed by atoms with Crippen molar-refractivity contribution in [2.45, 2.75) is 11.1 Å². The molecule has 0 aromatic heterocycles. The molecule has 1 atom stereocenters. The van der Waals surface area contributed by atoms with Gasteiger partial charge in [0, 0.05) is 11.0 Å². The standard InChI is InChI=1S/C11H10BrClN2O4S/c12-8-1-2-10(9(13)5-8)20(17,18)15-3-4-19-6-11(15)14-7-16/h1-2,5,11H,3-4,6H2. The predicted molar refractivity (Wildman–Crippen MR) is 75.8 cm³/mol. The van der Waals surface area contributed by atoms with Gasteiger partial charge in [0.25, 0.3) is 0 Å². The number of halogens is 2. The molecule has 0 radical (unpaired) electrons. The molecule has 0 aliphatic carbocycles. The Kier molecular flexibility index (Phi) is 4.95. The smallest absolute Gasteiger partial charge is 0.246 e. The van der Waals surface area contributed by atoms with Crippen molar-refractivity contribution in [3.05, 3.63) is 27.7 Å². The molecule has 1 fully saturated rings. The Morgan fingerprint density at radius 1 is 1.50 bits per heavy atom. The maximum Gasteiger partial charge on any atom is 0.246 e. The number of nitrogens with zero attached hydrogens (tertiary/aromatic N) is 2. The average molecular weight is 382 g/mol. The Morgan fingerprint density at radius 3 is 2.90 bits per heavy atom. The van der Waals surface area contributed by atoms with Crippen molar-refractivity contribution < 1.29 is 17.9 Å². The molecule has 0 bridgehead atoms. The third-order valence-corrected chi connectivity index (χ3v) is 5.61. The maximum absolute atomic E-state index is 12.6. The number of ether oxygens (including phenoxy) is 1. The van der Waals surface area contributed by atoms with Crippen LogP contribution in [0, 0.1) is 0 Å². The van der Waals surface area contributed by atoms with E-state index in [0.29, 0.717) is 4.47 Å². The Labute approximate surface area is 129 Å². The van der Waals surface area contributed by atoms with E-state index < -0.39 is 16.2 Å². The van der Waals surface area contributed by atoms with Gasteiger partial charge >= 0.3 is 0 Å². The highest BCUT2D eigenvalue weighted by molar-refractivity contribution is 9.10. The van der Waals surface area contributed by atoms with Gasteiger partial charge in [-0.25, -0.2) is 13.2 Å². The van der Waals surface area contributed by atoms with Crippen LogP contribution in [0.3, 0.4) is 0 Å². The summed E-state index contributed by atoms with van der Waals surface area (Å²) in [6, 6.07) is 4.48. The van der Waals surface area contributed by atoms with E-state index in [2.05, 4.69) is 20.9 Å². The fourth-order valence-electron chi connectivity index (χ4n) is 1.83. The number of carbonyl (C=O) groups excluding carboxylic acids is 1. The van der Waals surface area contributed by atoms with Gasteiger partial charge in [-0.05, 0) is 18.2 Å². The molecule has 6 nitrogen and oxygen atoms in total. The molecule has 0 N–H and O–H groups in total. The Morgan fingerprint density at radius 2 is 2.25 bits per heavy atom. The highest BCUT2D eigenvalue weighted by Crippen LogP contribution is 2.29. The molecule has 9 heteroatoms. The molecule has 1 aliphatic heterocycles. The van der Waals surface area contributed by atoms with E-state index in [9.17, 15) is 13.2 Å². The summed E-state index contributed by atoms with van der Waals surface area (Å²) in [6.45, 7) is 0.353. The van der Waals surface area contributed by atoms with Crippen molar-refractivity contribution in [2.24, 2.45) is 4.99 Å². The van der Waals surface area contributed by atoms with Crippen LogP contribution >= 0.6 is 27.5 Å². The molecule has 1 unspecified atom stereocenters. The molecule has 1 aliphatic rings. The van der Waals surface area contributed by atoms with E-state index in [4.69, 9.17) is 16.3 Å². The van der Waals surface area contributed by atoms with Crippen molar-refractivity contribution >= 4 is 43.6 Å². The predicted octanol–water partition coefficient (Wildman–Crippen LogP) is 1.79. The van der Waals surface area contributed by atoms with Gasteiger partial charge in [-0.2, -0.15) is 9.30 Å². The lowest BCUT2D eigenvalue weighted by molar-refractivity contribution is 0.0359. The number of hydrogen-bond acceptors (Lipinski definition) is 5. The lowest BCUT2D eigenvalue weighted by Gasteiger charge is -2.31. The molecule has 20 heavy (non-hydrogen) atoms. The molecule has 2 rings (SSSR count). The normalized spacial score (nSPS) is 20.4. The van der Waals surface area contributed by atoms with E-state index in [0.717, 1.165) is 4.31 Å². The van der Waals surface area contributed by atoms with Gasteiger partial charge < -0.3 is 4.74 Å². The number of sulfonamides is 1. The summed E-state index contributed by atoms with van der Waals surface area (Å²) >= 11 is 9.20. The number of benzene rings is 1. The van der Waals surface area contributed by atoms with Crippen LogP contribution in [0.1, 0.15) is 0 Å². The molecule has 1 aromatic carbocycles. The lowest BCUT2D eigenvalue weighted by Crippen LogP contribution is -2.47. The lowest BCUT2D eigenvalue weighted by atomic mass is 10.4. The van der Waals surface area contributed by atoms with Crippen LogP contribution in [-0.2, 0) is 19.6 Å². The van der Waals surface area contributed by atoms with Crippen LogP contribution in [0.25, 0.3) is 0 Å². The second-order valence-corrected chi connectivity index (χ2v) is 7.15. The minimum atomic E-state index is -3.85. The first kappa shape index (κ1) is 15.6. The molecule has 0 saturated carbocycles. The third kappa shape index (κ3) is 3.11. The Bertz CT molecular complexity index is 660. The summed E-state index contributed by atoms with van der Waals surface area (Å²) in [6.07, 6.45) is 0.452. The summed E-state index contributed by atoms with van der Waals surface area (Å²) < 4.78 is 32.1.